The molecule has 0 atom stereocenters. The molecule has 0 saturated carbocycles. The Morgan fingerprint density at radius 1 is 1.30 bits per heavy atom. The highest BCUT2D eigenvalue weighted by atomic mass is 32.3. The van der Waals surface area contributed by atoms with Gasteiger partial charge < -0.3 is 5.73 Å². The predicted molar refractivity (Wildman–Crippen MR) is 67.1 cm³/mol. The van der Waals surface area contributed by atoms with Crippen molar-refractivity contribution in [1.82, 2.24) is 0 Å². The molecule has 1 aromatic carbocycles. The minimum atomic E-state index is -4.76. The maximum absolute atomic E-state index is 11.9. The van der Waals surface area contributed by atoms with Crippen LogP contribution in [-0.4, -0.2) is 38.7 Å². The quantitative estimate of drug-likeness (QED) is 0.310. The van der Waals surface area contributed by atoms with Crippen LogP contribution in [0.15, 0.2) is 23.1 Å². The Morgan fingerprint density at radius 2 is 1.90 bits per heavy atom. The molecule has 12 heteroatoms. The lowest BCUT2D eigenvalue weighted by molar-refractivity contribution is -0.385. The first-order valence-corrected chi connectivity index (χ1v) is 7.93. The Kier molecular flexibility index (Phi) is 4.65. The van der Waals surface area contributed by atoms with E-state index in [1.807, 2.05) is 0 Å². The van der Waals surface area contributed by atoms with Gasteiger partial charge in [0, 0.05) is 12.1 Å². The first-order valence-electron chi connectivity index (χ1n) is 4.91. The predicted octanol–water partition coefficient (Wildman–Crippen LogP) is -0.230. The fourth-order valence-corrected chi connectivity index (χ4v) is 2.91. The Morgan fingerprint density at radius 3 is 2.40 bits per heavy atom. The number of anilines is 1. The first kappa shape index (κ1) is 16.3. The fraction of sp³-hybridized carbons (Fsp3) is 0.250. The molecule has 112 valence electrons. The van der Waals surface area contributed by atoms with Crippen molar-refractivity contribution in [3.63, 3.8) is 0 Å². The third-order valence-corrected chi connectivity index (χ3v) is 4.32. The van der Waals surface area contributed by atoms with E-state index in [0.29, 0.717) is 0 Å². The molecule has 0 radical (unpaired) electrons. The number of nitrogens with two attached hydrogens (primary N) is 1. The lowest BCUT2D eigenvalue weighted by Crippen LogP contribution is -2.16. The van der Waals surface area contributed by atoms with E-state index in [2.05, 4.69) is 4.18 Å². The number of nitrogens with zero attached hydrogens (tertiary/aromatic N) is 1. The summed E-state index contributed by atoms with van der Waals surface area (Å²) >= 11 is 0. The zero-order valence-corrected chi connectivity index (χ0v) is 11.4. The van der Waals surface area contributed by atoms with Gasteiger partial charge in [0.2, 0.25) is 0 Å². The molecule has 0 aliphatic carbocycles. The van der Waals surface area contributed by atoms with Crippen LogP contribution >= 0.6 is 0 Å². The van der Waals surface area contributed by atoms with Crippen LogP contribution in [-0.2, 0) is 24.4 Å². The number of non-ortho nitro benzene ring substituents is 1. The topological polar surface area (TPSA) is 167 Å². The number of nitro groups is 1. The van der Waals surface area contributed by atoms with E-state index in [1.165, 1.54) is 0 Å². The normalized spacial score (nSPS) is 12.2. The van der Waals surface area contributed by atoms with Crippen molar-refractivity contribution in [2.24, 2.45) is 0 Å². The molecule has 0 spiro atoms. The molecule has 0 unspecified atom stereocenters. The number of hydrogen-bond acceptors (Lipinski definition) is 8. The van der Waals surface area contributed by atoms with Gasteiger partial charge in [-0.05, 0) is 6.07 Å². The molecule has 0 saturated heterocycles. The lowest BCUT2D eigenvalue weighted by atomic mass is 10.3. The number of nitro benzene ring substituents is 1. The van der Waals surface area contributed by atoms with Crippen LogP contribution in [0.2, 0.25) is 0 Å². The summed E-state index contributed by atoms with van der Waals surface area (Å²) in [6.45, 7) is -0.844. The molecule has 10 nitrogen and oxygen atoms in total. The molecule has 0 amide bonds. The molecular weight excluding hydrogens is 316 g/mol. The SMILES string of the molecule is Nc1ccc([N+](=O)[O-])cc1S(=O)(=O)CCOS(=O)(=O)O. The van der Waals surface area contributed by atoms with Crippen molar-refractivity contribution in [2.45, 2.75) is 4.90 Å². The average molecular weight is 326 g/mol. The van der Waals surface area contributed by atoms with E-state index in [-0.39, 0.29) is 5.69 Å². The third kappa shape index (κ3) is 4.41. The number of rotatable bonds is 6. The van der Waals surface area contributed by atoms with Crippen molar-refractivity contribution in [1.29, 1.82) is 0 Å². The molecule has 3 N–H and O–H groups in total. The molecular formula is C8H10N2O8S2. The monoisotopic (exact) mass is 326 g/mol. The van der Waals surface area contributed by atoms with Gasteiger partial charge in [-0.3, -0.25) is 14.7 Å². The Bertz CT molecular complexity index is 725. The van der Waals surface area contributed by atoms with Gasteiger partial charge in [-0.15, -0.1) is 0 Å². The van der Waals surface area contributed by atoms with Crippen LogP contribution < -0.4 is 5.73 Å². The highest BCUT2D eigenvalue weighted by Crippen LogP contribution is 2.25. The molecule has 1 rings (SSSR count). The molecule has 0 aliphatic rings. The van der Waals surface area contributed by atoms with Gasteiger partial charge in [0.1, 0.15) is 0 Å². The van der Waals surface area contributed by atoms with Gasteiger partial charge in [0.25, 0.3) is 5.69 Å². The third-order valence-electron chi connectivity index (χ3n) is 2.13. The lowest BCUT2D eigenvalue weighted by Gasteiger charge is -2.07. The minimum Gasteiger partial charge on any atom is -0.398 e. The van der Waals surface area contributed by atoms with E-state index >= 15 is 0 Å². The van der Waals surface area contributed by atoms with E-state index < -0.39 is 48.1 Å². The molecule has 0 aliphatic heterocycles. The summed E-state index contributed by atoms with van der Waals surface area (Å²) in [6.07, 6.45) is 0. The van der Waals surface area contributed by atoms with Gasteiger partial charge in [-0.2, -0.15) is 8.42 Å². The highest BCUT2D eigenvalue weighted by molar-refractivity contribution is 7.91. The van der Waals surface area contributed by atoms with E-state index in [0.717, 1.165) is 18.2 Å². The van der Waals surface area contributed by atoms with Gasteiger partial charge in [0.15, 0.2) is 9.84 Å². The van der Waals surface area contributed by atoms with Crippen molar-refractivity contribution in [3.8, 4) is 0 Å². The van der Waals surface area contributed by atoms with Gasteiger partial charge >= 0.3 is 10.4 Å². The van der Waals surface area contributed by atoms with Crippen LogP contribution in [0.1, 0.15) is 0 Å². The van der Waals surface area contributed by atoms with Gasteiger partial charge in [-0.1, -0.05) is 0 Å². The summed E-state index contributed by atoms with van der Waals surface area (Å²) in [5, 5.41) is 10.6. The zero-order chi connectivity index (χ0) is 15.6. The van der Waals surface area contributed by atoms with Crippen LogP contribution in [0.25, 0.3) is 0 Å². The molecule has 0 aromatic heterocycles. The van der Waals surface area contributed by atoms with Crippen LogP contribution in [0.5, 0.6) is 0 Å². The number of nitrogen functional groups attached to an aromatic ring is 1. The maximum Gasteiger partial charge on any atom is 0.397 e. The Labute approximate surface area is 114 Å². The summed E-state index contributed by atoms with van der Waals surface area (Å²) < 4.78 is 56.5. The second-order valence-electron chi connectivity index (χ2n) is 3.55. The number of benzene rings is 1. The summed E-state index contributed by atoms with van der Waals surface area (Å²) in [4.78, 5) is 9.26. The minimum absolute atomic E-state index is 0.220. The molecule has 1 aromatic rings. The standard InChI is InChI=1S/C8H10N2O8S2/c9-7-2-1-6(10(11)12)5-8(7)19(13,14)4-3-18-20(15,16)17/h1-2,5H,3-4,9H2,(H,15,16,17). The van der Waals surface area contributed by atoms with Gasteiger partial charge in [-0.25, -0.2) is 12.6 Å². The largest absolute Gasteiger partial charge is 0.398 e. The fourth-order valence-electron chi connectivity index (χ4n) is 1.26. The summed E-state index contributed by atoms with van der Waals surface area (Å²) in [6, 6.07) is 2.84. The smallest absolute Gasteiger partial charge is 0.397 e. The summed E-state index contributed by atoms with van der Waals surface area (Å²) in [5.74, 6) is -0.821. The number of sulfone groups is 1. The van der Waals surface area contributed by atoms with Crippen molar-refractivity contribution >= 4 is 31.6 Å². The van der Waals surface area contributed by atoms with Crippen molar-refractivity contribution < 1.29 is 30.5 Å². The van der Waals surface area contributed by atoms with Crippen molar-refractivity contribution in [3.05, 3.63) is 28.3 Å². The summed E-state index contributed by atoms with van der Waals surface area (Å²) in [7, 11) is -8.86. The molecule has 0 heterocycles. The maximum atomic E-state index is 11.9. The molecule has 0 fully saturated rings. The second-order valence-corrected chi connectivity index (χ2v) is 6.72. The second kappa shape index (κ2) is 5.70. The van der Waals surface area contributed by atoms with Crippen LogP contribution in [0, 0.1) is 10.1 Å². The van der Waals surface area contributed by atoms with E-state index in [1.54, 1.807) is 0 Å². The molecule has 20 heavy (non-hydrogen) atoms. The van der Waals surface area contributed by atoms with Gasteiger partial charge in [0.05, 0.1) is 27.9 Å². The highest BCUT2D eigenvalue weighted by Gasteiger charge is 2.22. The van der Waals surface area contributed by atoms with E-state index in [4.69, 9.17) is 10.3 Å². The summed E-state index contributed by atoms with van der Waals surface area (Å²) in [5.41, 5.74) is 4.72. The average Bonchev–Trinajstić information content (AvgIpc) is 2.26. The Hall–Kier alpha value is -1.76. The first-order chi connectivity index (χ1) is 9.03. The van der Waals surface area contributed by atoms with Crippen molar-refractivity contribution in [2.75, 3.05) is 18.1 Å². The Balaban J connectivity index is 3.03. The zero-order valence-electron chi connectivity index (χ0n) is 9.79. The van der Waals surface area contributed by atoms with Crippen LogP contribution in [0.4, 0.5) is 11.4 Å². The molecule has 0 bridgehead atoms. The van der Waals surface area contributed by atoms with E-state index in [9.17, 15) is 26.9 Å². The number of hydrogen-bond donors (Lipinski definition) is 2. The van der Waals surface area contributed by atoms with Crippen LogP contribution in [0.3, 0.4) is 0 Å².